The van der Waals surface area contributed by atoms with Gasteiger partial charge in [0.25, 0.3) is 0 Å². The van der Waals surface area contributed by atoms with Crippen LogP contribution in [0.4, 0.5) is 16.0 Å². The van der Waals surface area contributed by atoms with Gasteiger partial charge in [-0.2, -0.15) is 0 Å². The summed E-state index contributed by atoms with van der Waals surface area (Å²) in [6, 6.07) is 24.0. The second-order valence-corrected chi connectivity index (χ2v) is 30.6. The summed E-state index contributed by atoms with van der Waals surface area (Å²) >= 11 is 8.94. The number of esters is 4. The average Bonchev–Trinajstić information content (AvgIpc) is 1.57. The van der Waals surface area contributed by atoms with Crippen LogP contribution >= 0.6 is 31.9 Å². The van der Waals surface area contributed by atoms with E-state index in [-0.39, 0.29) is 188 Å². The molecule has 2 aliphatic heterocycles. The van der Waals surface area contributed by atoms with Gasteiger partial charge in [0, 0.05) is 121 Å². The summed E-state index contributed by atoms with van der Waals surface area (Å²) in [7, 11) is 7.48. The molecule has 32 nitrogen and oxygen atoms in total. The molecule has 40 heteroatoms. The molecule has 2 saturated heterocycles. The van der Waals surface area contributed by atoms with E-state index in [1.807, 2.05) is 135 Å². The summed E-state index contributed by atoms with van der Waals surface area (Å²) in [5.41, 5.74) is 10.8. The zero-order chi connectivity index (χ0) is 100. The molecule has 3 aliphatic rings. The third kappa shape index (κ3) is 43.9. The van der Waals surface area contributed by atoms with Crippen LogP contribution in [0.5, 0.6) is 0 Å². The summed E-state index contributed by atoms with van der Waals surface area (Å²) in [6.45, 7) is 36.7. The third-order valence-corrected chi connectivity index (χ3v) is 20.0. The van der Waals surface area contributed by atoms with Crippen LogP contribution in [0.15, 0.2) is 144 Å². The van der Waals surface area contributed by atoms with E-state index in [2.05, 4.69) is 89.4 Å². The number of aromatic nitrogens is 6. The van der Waals surface area contributed by atoms with E-state index in [0.29, 0.717) is 87.7 Å². The molecule has 133 heavy (non-hydrogen) atoms. The Morgan fingerprint density at radius 2 is 1.11 bits per heavy atom. The van der Waals surface area contributed by atoms with E-state index in [1.54, 1.807) is 117 Å². The molecule has 0 atom stereocenters. The van der Waals surface area contributed by atoms with E-state index < -0.39 is 24.4 Å². The minimum absolute atomic E-state index is 0. The normalized spacial score (nSPS) is 12.3. The molecule has 12 rings (SSSR count). The molecule has 0 unspecified atom stereocenters. The number of hydrogen-bond donors (Lipinski definition) is 1. The molecule has 0 amide bonds. The van der Waals surface area contributed by atoms with Gasteiger partial charge in [-0.15, -0.1) is 0 Å². The number of Topliss-reactive ketones (excluding diaryl/α,β-unsaturated/α-hetero) is 6. The SMILES string of the molecule is C1COCCN1.C=O.CC(=O)Cn1cccc1C=O.CCC(=O)CBr.CCOC(=O)CC(C)=O.CCOC(=O)c1cc2c(-c3ccnc(N(C)C)c3)ccn2c(C(C)=O)c1C.CCOC(=O)c1cc2c(Br)ccn2c(C(C)=O)c1C.CCOC(=O)c1cc2cccn2c(C(C)=O)c1C.CN(C)c1cc(B2OC(C)(C)C(C)(C)O2)ccn1.O=CC1=CC=CC1.[2H]C(=O)OO[CH-]F.[K+].[K+].[K][K]. The van der Waals surface area contributed by atoms with Crippen molar-refractivity contribution in [3.8, 4) is 11.1 Å². The number of pyridine rings is 5. The van der Waals surface area contributed by atoms with Crippen LogP contribution in [0.25, 0.3) is 27.7 Å². The van der Waals surface area contributed by atoms with E-state index in [4.69, 9.17) is 34.4 Å². The molecule has 9 aromatic heterocycles. The predicted molar refractivity (Wildman–Crippen MR) is 509 cm³/mol. The molecule has 2 fully saturated rings. The molecule has 0 aromatic carbocycles. The predicted octanol–water partition coefficient (Wildman–Crippen LogP) is 7.92. The summed E-state index contributed by atoms with van der Waals surface area (Å²) in [4.78, 5) is 170. The van der Waals surface area contributed by atoms with Crippen LogP contribution in [0.3, 0.4) is 0 Å². The van der Waals surface area contributed by atoms with Crippen molar-refractivity contribution in [3.05, 3.63) is 207 Å². The molecule has 0 spiro atoms. The van der Waals surface area contributed by atoms with Gasteiger partial charge in [-0.05, 0) is 231 Å². The molecular weight excluding hydrogens is 1960 g/mol. The summed E-state index contributed by atoms with van der Waals surface area (Å²) < 4.78 is 61.2. The van der Waals surface area contributed by atoms with Crippen LogP contribution in [-0.2, 0) is 82.9 Å². The Morgan fingerprint density at radius 1 is 0.632 bits per heavy atom. The topological polar surface area (TPSA) is 384 Å². The van der Waals surface area contributed by atoms with Crippen molar-refractivity contribution in [2.24, 2.45) is 0 Å². The first kappa shape index (κ1) is 128. The number of anilines is 2. The van der Waals surface area contributed by atoms with Crippen molar-refractivity contribution >= 4 is 220 Å². The first-order chi connectivity index (χ1) is 62.5. The van der Waals surface area contributed by atoms with E-state index in [9.17, 15) is 66.7 Å². The van der Waals surface area contributed by atoms with Gasteiger partial charge < -0.3 is 84.8 Å². The number of nitrogens with zero attached hydrogens (tertiary/aromatic N) is 8. The Labute approximate surface area is 926 Å². The van der Waals surface area contributed by atoms with Crippen molar-refractivity contribution in [3.63, 3.8) is 0 Å². The number of carbonyl (C=O) groups excluding carboxylic acids is 14. The number of halogens is 3. The van der Waals surface area contributed by atoms with Crippen LogP contribution in [0.2, 0.25) is 0 Å². The van der Waals surface area contributed by atoms with Crippen LogP contribution in [0, 0.1) is 27.6 Å². The Hall–Kier alpha value is -5.38. The van der Waals surface area contributed by atoms with E-state index >= 15 is 0 Å². The number of carbonyl (C=O) groups is 14. The molecule has 0 radical (unpaired) electrons. The molecule has 11 heterocycles. The Balaban J connectivity index is 0. The van der Waals surface area contributed by atoms with Crippen molar-refractivity contribution in [1.29, 1.82) is 0 Å². The quantitative estimate of drug-likeness (QED) is 0.00573. The first-order valence-electron chi connectivity index (χ1n) is 42.2. The fraction of sp³-hybridized carbons (Fsp3) is 0.387. The van der Waals surface area contributed by atoms with Crippen molar-refractivity contribution < 1.29 is 218 Å². The zero-order valence-electron chi connectivity index (χ0n) is 82.0. The van der Waals surface area contributed by atoms with Crippen LogP contribution in [-0.4, -0.2) is 280 Å². The van der Waals surface area contributed by atoms with Gasteiger partial charge in [-0.25, -0.2) is 24.4 Å². The summed E-state index contributed by atoms with van der Waals surface area (Å²) in [5, 5.41) is 3.66. The third-order valence-electron chi connectivity index (χ3n) is 18.7. The number of fused-ring (bicyclic) bond motifs is 3. The monoisotopic (exact) mass is 2070 g/mol. The first-order valence-corrected chi connectivity index (χ1v) is 59.6. The number of nitrogens with one attached hydrogen (secondary N) is 1. The van der Waals surface area contributed by atoms with Crippen molar-refractivity contribution in [2.75, 3.05) is 96.1 Å². The number of ether oxygens (including phenoxy) is 5. The molecule has 700 valence electrons. The molecular formula is C93H118BBr2FK4N9O23+. The molecule has 9 aromatic rings. The number of hydrogen-bond acceptors (Lipinski definition) is 28. The van der Waals surface area contributed by atoms with Gasteiger partial charge in [0.1, 0.15) is 48.5 Å². The summed E-state index contributed by atoms with van der Waals surface area (Å²) in [5.74, 6) is -0.0300. The number of ketones is 6. The van der Waals surface area contributed by atoms with Crippen molar-refractivity contribution in [2.45, 2.75) is 155 Å². The van der Waals surface area contributed by atoms with Gasteiger partial charge in [0.15, 0.2) is 25.0 Å². The second kappa shape index (κ2) is 70.3. The molecule has 0 saturated carbocycles. The number of aldehydes is 2. The molecule has 1 N–H and O–H groups in total. The number of allylic oxidation sites excluding steroid dienone is 4. The van der Waals surface area contributed by atoms with Gasteiger partial charge in [-0.3, -0.25) is 47.9 Å². The maximum atomic E-state index is 12.4. The second-order valence-electron chi connectivity index (χ2n) is 29.2. The summed E-state index contributed by atoms with van der Waals surface area (Å²) in [6.07, 6.45) is 18.0. The van der Waals surface area contributed by atoms with Crippen LogP contribution in [0.1, 0.15) is 207 Å². The van der Waals surface area contributed by atoms with E-state index in [0.717, 1.165) is 100 Å². The van der Waals surface area contributed by atoms with Gasteiger partial charge in [0.2, 0.25) is 0 Å². The van der Waals surface area contributed by atoms with Crippen LogP contribution < -0.4 is 123 Å². The molecule has 1 aliphatic carbocycles. The maximum absolute atomic E-state index is 12.4. The minimum atomic E-state index is -1.44. The standard InChI is InChI=1S/C21H23N3O3.C14H14BrNO3.C14H15NO3.C13H21BN2O2.C8H9NO2.C6H10O3.C6H6O.C4H7BrO.C4H9NO.C2H2FO3.CH2O.4K/c1-6-27-21(26)17-12-18-16(15-7-9-22-19(11-15)23(4)5)8-10-24(18)20(13(17)2)14(3)25;1-4-19-14(18)10-7-12-11(15)5-6-16(12)13(8(10)2)9(3)17;1-4-18-14(17)12-8-11-6-5-7-15(11)13(9(12)2)10(3)16;1-12(2)13(3,4)18-14(17-12)10-7-8-15-11(9-10)16(5)6;1-7(11)5-9-4-2-3-8(9)6-10;1-3-9-6(8)4-5(2)7;7-5-6-3-1-2-4-6;1-2-4(6)3-5;1-3-6-4-2-5-1;3-1-5-6-2-4;1-2;;;;/h7-12H,6H2,1-5H3;5-7H,4H2,1-3H3;5-8H,4H2,1-3H3;7-9H,1-6H3;2-4,6H,5H2,1H3;3-4H2,1-2H3;1-3,5H,4H2;2-3H2,1H3;5H,1-4H2;1-2H;1H2;;;;/q;;;;;;;;;-1;;;;2*+1/i;;;;;;;;;2D;;;;;. The number of alkyl halides is 1. The Kier molecular flexibility index (Phi) is 67.4. The van der Waals surface area contributed by atoms with E-state index in [1.165, 1.54) is 97.8 Å². The number of morpholine rings is 1. The van der Waals surface area contributed by atoms with Gasteiger partial charge in [-0.1, -0.05) is 41.1 Å². The Bertz CT molecular complexity index is 5370. The Morgan fingerprint density at radius 3 is 1.50 bits per heavy atom. The fourth-order valence-electron chi connectivity index (χ4n) is 11.9. The van der Waals surface area contributed by atoms with Gasteiger partial charge in [0.05, 0.1) is 113 Å². The number of rotatable bonds is 24. The zero-order valence-corrected chi connectivity index (χ0v) is 96.7. The van der Waals surface area contributed by atoms with Crippen molar-refractivity contribution in [1.82, 2.24) is 33.1 Å². The molecule has 0 bridgehead atoms. The fourth-order valence-corrected chi connectivity index (χ4v) is 12.7. The average molecular weight is 2080 g/mol. The van der Waals surface area contributed by atoms with Gasteiger partial charge >= 0.3 is 203 Å².